The number of halogens is 1. The molecule has 0 amide bonds. The van der Waals surface area contributed by atoms with E-state index in [1.807, 2.05) is 12.1 Å². The van der Waals surface area contributed by atoms with Crippen molar-refractivity contribution in [1.29, 1.82) is 0 Å². The quantitative estimate of drug-likeness (QED) is 0.858. The second-order valence-corrected chi connectivity index (χ2v) is 4.35. The molecule has 4 nitrogen and oxygen atoms in total. The van der Waals surface area contributed by atoms with E-state index in [1.54, 1.807) is 24.3 Å². The highest BCUT2D eigenvalue weighted by atomic mass is 19.1. The minimum atomic E-state index is -0.419. The Bertz CT molecular complexity index is 643. The summed E-state index contributed by atoms with van der Waals surface area (Å²) in [5.74, 6) is -0.636. The van der Waals surface area contributed by atoms with E-state index in [-0.39, 0.29) is 11.7 Å². The third-order valence-corrected chi connectivity index (χ3v) is 3.06. The van der Waals surface area contributed by atoms with Gasteiger partial charge in [-0.15, -0.1) is 0 Å². The smallest absolute Gasteiger partial charge is 0.338 e. The minimum absolute atomic E-state index is 0.168. The molecular weight excluding hydrogens is 273 g/mol. The average Bonchev–Trinajstić information content (AvgIpc) is 2.53. The third-order valence-electron chi connectivity index (χ3n) is 3.06. The number of esters is 1. The maximum Gasteiger partial charge on any atom is 0.338 e. The van der Waals surface area contributed by atoms with Crippen molar-refractivity contribution >= 4 is 11.7 Å². The molecule has 0 atom stereocenters. The molecule has 0 saturated carbocycles. The fourth-order valence-corrected chi connectivity index (χ4v) is 1.95. The number of methoxy groups -OCH3 is 2. The van der Waals surface area contributed by atoms with Crippen LogP contribution in [-0.2, 0) is 11.3 Å². The molecule has 2 rings (SSSR count). The van der Waals surface area contributed by atoms with Crippen LogP contribution in [0.25, 0.3) is 0 Å². The van der Waals surface area contributed by atoms with Gasteiger partial charge in [0.15, 0.2) is 11.6 Å². The number of rotatable bonds is 5. The standard InChI is InChI=1S/C16H16FNO3/c1-20-15-9-12(7-8-14(15)17)18-10-11-5-3-4-6-13(11)16(19)21-2/h3-9,18H,10H2,1-2H3. The highest BCUT2D eigenvalue weighted by Crippen LogP contribution is 2.22. The number of anilines is 1. The lowest BCUT2D eigenvalue weighted by Crippen LogP contribution is -2.09. The first-order valence-corrected chi connectivity index (χ1v) is 6.39. The average molecular weight is 289 g/mol. The first kappa shape index (κ1) is 14.8. The Labute approximate surface area is 122 Å². The molecule has 0 unspecified atom stereocenters. The van der Waals surface area contributed by atoms with Crippen LogP contribution in [0.3, 0.4) is 0 Å². The van der Waals surface area contributed by atoms with Crippen LogP contribution < -0.4 is 10.1 Å². The maximum absolute atomic E-state index is 13.3. The van der Waals surface area contributed by atoms with Gasteiger partial charge < -0.3 is 14.8 Å². The normalized spacial score (nSPS) is 10.0. The summed E-state index contributed by atoms with van der Waals surface area (Å²) in [7, 11) is 2.76. The molecule has 0 spiro atoms. The van der Waals surface area contributed by atoms with Crippen LogP contribution in [0.15, 0.2) is 42.5 Å². The van der Waals surface area contributed by atoms with Crippen LogP contribution in [0, 0.1) is 5.82 Å². The Morgan fingerprint density at radius 1 is 1.19 bits per heavy atom. The summed E-state index contributed by atoms with van der Waals surface area (Å²) in [5, 5.41) is 3.13. The molecule has 0 bridgehead atoms. The lowest BCUT2D eigenvalue weighted by Gasteiger charge is -2.11. The maximum atomic E-state index is 13.3. The van der Waals surface area contributed by atoms with E-state index in [1.165, 1.54) is 20.3 Å². The number of hydrogen-bond acceptors (Lipinski definition) is 4. The van der Waals surface area contributed by atoms with E-state index >= 15 is 0 Å². The van der Waals surface area contributed by atoms with Crippen LogP contribution in [0.5, 0.6) is 5.75 Å². The van der Waals surface area contributed by atoms with Crippen molar-refractivity contribution in [1.82, 2.24) is 0 Å². The van der Waals surface area contributed by atoms with Gasteiger partial charge in [0.2, 0.25) is 0 Å². The Morgan fingerprint density at radius 2 is 1.95 bits per heavy atom. The second kappa shape index (κ2) is 6.74. The fraction of sp³-hybridized carbons (Fsp3) is 0.188. The van der Waals surface area contributed by atoms with Gasteiger partial charge in [0.25, 0.3) is 0 Å². The van der Waals surface area contributed by atoms with Crippen LogP contribution in [-0.4, -0.2) is 20.2 Å². The van der Waals surface area contributed by atoms with Crippen molar-refractivity contribution in [3.63, 3.8) is 0 Å². The monoisotopic (exact) mass is 289 g/mol. The Hall–Kier alpha value is -2.56. The molecule has 0 aromatic heterocycles. The van der Waals surface area contributed by atoms with Crippen LogP contribution in [0.1, 0.15) is 15.9 Å². The molecule has 0 radical (unpaired) electrons. The van der Waals surface area contributed by atoms with E-state index in [0.717, 1.165) is 5.56 Å². The molecule has 0 aliphatic carbocycles. The number of benzene rings is 2. The van der Waals surface area contributed by atoms with Crippen molar-refractivity contribution in [2.75, 3.05) is 19.5 Å². The van der Waals surface area contributed by atoms with Crippen molar-refractivity contribution in [3.8, 4) is 5.75 Å². The van der Waals surface area contributed by atoms with E-state index in [4.69, 9.17) is 9.47 Å². The first-order chi connectivity index (χ1) is 10.2. The fourth-order valence-electron chi connectivity index (χ4n) is 1.95. The Kier molecular flexibility index (Phi) is 4.77. The van der Waals surface area contributed by atoms with Crippen molar-refractivity contribution in [2.45, 2.75) is 6.54 Å². The predicted octanol–water partition coefficient (Wildman–Crippen LogP) is 3.23. The largest absolute Gasteiger partial charge is 0.494 e. The first-order valence-electron chi connectivity index (χ1n) is 6.39. The van der Waals surface area contributed by atoms with E-state index < -0.39 is 5.82 Å². The zero-order valence-electron chi connectivity index (χ0n) is 11.9. The van der Waals surface area contributed by atoms with Gasteiger partial charge in [0.05, 0.1) is 19.8 Å². The lowest BCUT2D eigenvalue weighted by atomic mass is 10.1. The molecule has 2 aromatic carbocycles. The van der Waals surface area contributed by atoms with Crippen molar-refractivity contribution in [2.24, 2.45) is 0 Å². The van der Waals surface area contributed by atoms with Gasteiger partial charge >= 0.3 is 5.97 Å². The topological polar surface area (TPSA) is 47.6 Å². The molecule has 5 heteroatoms. The van der Waals surface area contributed by atoms with Crippen LogP contribution in [0.2, 0.25) is 0 Å². The highest BCUT2D eigenvalue weighted by molar-refractivity contribution is 5.91. The molecule has 1 N–H and O–H groups in total. The van der Waals surface area contributed by atoms with Gasteiger partial charge in [-0.2, -0.15) is 0 Å². The number of carbonyl (C=O) groups excluding carboxylic acids is 1. The van der Waals surface area contributed by atoms with Crippen LogP contribution >= 0.6 is 0 Å². The molecule has 0 heterocycles. The Morgan fingerprint density at radius 3 is 2.67 bits per heavy atom. The molecule has 110 valence electrons. The molecule has 21 heavy (non-hydrogen) atoms. The highest BCUT2D eigenvalue weighted by Gasteiger charge is 2.11. The summed E-state index contributed by atoms with van der Waals surface area (Å²) in [4.78, 5) is 11.7. The number of carbonyl (C=O) groups is 1. The summed E-state index contributed by atoms with van der Waals surface area (Å²) in [5.41, 5.74) is 2.00. The van der Waals surface area contributed by atoms with E-state index in [2.05, 4.69) is 5.32 Å². The van der Waals surface area contributed by atoms with Gasteiger partial charge in [0, 0.05) is 18.3 Å². The minimum Gasteiger partial charge on any atom is -0.494 e. The van der Waals surface area contributed by atoms with Gasteiger partial charge in [-0.25, -0.2) is 9.18 Å². The van der Waals surface area contributed by atoms with Crippen molar-refractivity contribution < 1.29 is 18.7 Å². The van der Waals surface area contributed by atoms with Gasteiger partial charge in [-0.05, 0) is 23.8 Å². The van der Waals surface area contributed by atoms with Crippen LogP contribution in [0.4, 0.5) is 10.1 Å². The summed E-state index contributed by atoms with van der Waals surface area (Å²) in [6.45, 7) is 0.417. The molecule has 0 aliphatic rings. The van der Waals surface area contributed by atoms with E-state index in [0.29, 0.717) is 17.8 Å². The zero-order valence-corrected chi connectivity index (χ0v) is 11.9. The lowest BCUT2D eigenvalue weighted by molar-refractivity contribution is 0.0599. The summed E-state index contributed by atoms with van der Waals surface area (Å²) < 4.78 is 23.0. The molecule has 0 fully saturated rings. The number of nitrogens with one attached hydrogen (secondary N) is 1. The summed E-state index contributed by atoms with van der Waals surface area (Å²) in [6, 6.07) is 11.7. The molecule has 0 saturated heterocycles. The number of ether oxygens (including phenoxy) is 2. The third kappa shape index (κ3) is 3.51. The van der Waals surface area contributed by atoms with Crippen molar-refractivity contribution in [3.05, 3.63) is 59.4 Å². The molecule has 0 aliphatic heterocycles. The SMILES string of the molecule is COC(=O)c1ccccc1CNc1ccc(F)c(OC)c1. The second-order valence-electron chi connectivity index (χ2n) is 4.35. The number of hydrogen-bond donors (Lipinski definition) is 1. The van der Waals surface area contributed by atoms with Gasteiger partial charge in [-0.1, -0.05) is 18.2 Å². The zero-order chi connectivity index (χ0) is 15.2. The summed E-state index contributed by atoms with van der Waals surface area (Å²) in [6.07, 6.45) is 0. The predicted molar refractivity (Wildman–Crippen MR) is 78.1 cm³/mol. The Balaban J connectivity index is 2.15. The van der Waals surface area contributed by atoms with Gasteiger partial charge in [-0.3, -0.25) is 0 Å². The molecule has 2 aromatic rings. The summed E-state index contributed by atoms with van der Waals surface area (Å²) >= 11 is 0. The molecular formula is C16H16FNO3. The van der Waals surface area contributed by atoms with Gasteiger partial charge in [0.1, 0.15) is 0 Å². The van der Waals surface area contributed by atoms with E-state index in [9.17, 15) is 9.18 Å².